The third-order valence-electron chi connectivity index (χ3n) is 2.25. The highest BCUT2D eigenvalue weighted by Crippen LogP contribution is 2.25. The molecule has 3 N–H and O–H groups in total. The van der Waals surface area contributed by atoms with Crippen molar-refractivity contribution in [1.29, 1.82) is 0 Å². The molecule has 5 heteroatoms. The molecular weight excluding hydrogens is 196 g/mol. The molecule has 0 radical (unpaired) electrons. The zero-order chi connectivity index (χ0) is 10.8. The number of benzene rings is 1. The Kier molecular flexibility index (Phi) is 2.29. The van der Waals surface area contributed by atoms with Gasteiger partial charge in [-0.25, -0.2) is 4.79 Å². The number of rotatable bonds is 1. The predicted octanol–water partition coefficient (Wildman–Crippen LogP) is 1.66. The van der Waals surface area contributed by atoms with Crippen LogP contribution in [0.15, 0.2) is 18.2 Å². The van der Waals surface area contributed by atoms with Crippen LogP contribution in [0.5, 0.6) is 0 Å². The van der Waals surface area contributed by atoms with Gasteiger partial charge in [0.2, 0.25) is 5.91 Å². The van der Waals surface area contributed by atoms with E-state index in [0.717, 1.165) is 11.3 Å². The maximum absolute atomic E-state index is 11.1. The maximum atomic E-state index is 11.1. The third-order valence-corrected chi connectivity index (χ3v) is 2.25. The Morgan fingerprint density at radius 3 is 2.93 bits per heavy atom. The molecule has 0 aromatic heterocycles. The Balaban J connectivity index is 2.26. The van der Waals surface area contributed by atoms with E-state index in [0.29, 0.717) is 18.5 Å². The van der Waals surface area contributed by atoms with Gasteiger partial charge in [0, 0.05) is 17.8 Å². The minimum atomic E-state index is -1.09. The van der Waals surface area contributed by atoms with Gasteiger partial charge >= 0.3 is 6.09 Å². The lowest BCUT2D eigenvalue weighted by Crippen LogP contribution is -2.19. The summed E-state index contributed by atoms with van der Waals surface area (Å²) < 4.78 is 0. The number of nitrogens with one attached hydrogen (secondary N) is 2. The fraction of sp³-hybridized carbons (Fsp3) is 0.200. The number of anilines is 2. The maximum Gasteiger partial charge on any atom is 0.409 e. The minimum absolute atomic E-state index is 0.00134. The van der Waals surface area contributed by atoms with Crippen LogP contribution in [0.3, 0.4) is 0 Å². The van der Waals surface area contributed by atoms with E-state index in [2.05, 4.69) is 10.6 Å². The first-order valence-corrected chi connectivity index (χ1v) is 4.58. The topological polar surface area (TPSA) is 78.4 Å². The largest absolute Gasteiger partial charge is 0.465 e. The van der Waals surface area contributed by atoms with E-state index in [1.54, 1.807) is 18.2 Å². The highest BCUT2D eigenvalue weighted by Gasteiger charge is 2.14. The van der Waals surface area contributed by atoms with Crippen LogP contribution in [0.1, 0.15) is 12.0 Å². The van der Waals surface area contributed by atoms with Crippen molar-refractivity contribution in [2.24, 2.45) is 0 Å². The number of amides is 2. The molecule has 0 aliphatic carbocycles. The summed E-state index contributed by atoms with van der Waals surface area (Å²) in [5.74, 6) is 0.00134. The lowest BCUT2D eigenvalue weighted by Gasteiger charge is -2.17. The van der Waals surface area contributed by atoms with Gasteiger partial charge in [0.1, 0.15) is 0 Å². The molecule has 0 saturated heterocycles. The van der Waals surface area contributed by atoms with Crippen molar-refractivity contribution in [3.8, 4) is 0 Å². The number of carbonyl (C=O) groups excluding carboxylic acids is 1. The van der Waals surface area contributed by atoms with Gasteiger partial charge in [0.25, 0.3) is 0 Å². The van der Waals surface area contributed by atoms with Gasteiger partial charge in [-0.05, 0) is 30.2 Å². The van der Waals surface area contributed by atoms with Gasteiger partial charge in [-0.1, -0.05) is 0 Å². The SMILES string of the molecule is O=C(O)Nc1ccc2c(c1)CCC(=O)N2. The van der Waals surface area contributed by atoms with E-state index in [4.69, 9.17) is 5.11 Å². The summed E-state index contributed by atoms with van der Waals surface area (Å²) in [5.41, 5.74) is 2.25. The van der Waals surface area contributed by atoms with Crippen molar-refractivity contribution in [3.05, 3.63) is 23.8 Å². The monoisotopic (exact) mass is 206 g/mol. The quantitative estimate of drug-likeness (QED) is 0.653. The molecule has 2 rings (SSSR count). The summed E-state index contributed by atoms with van der Waals surface area (Å²) in [6.07, 6.45) is 0.00890. The summed E-state index contributed by atoms with van der Waals surface area (Å²) in [6, 6.07) is 5.07. The second-order valence-electron chi connectivity index (χ2n) is 3.35. The second-order valence-corrected chi connectivity index (χ2v) is 3.35. The first-order chi connectivity index (χ1) is 7.15. The highest BCUT2D eigenvalue weighted by molar-refractivity contribution is 5.94. The van der Waals surface area contributed by atoms with Crippen LogP contribution in [-0.2, 0) is 11.2 Å². The van der Waals surface area contributed by atoms with Gasteiger partial charge in [0.15, 0.2) is 0 Å². The average Bonchev–Trinajstić information content (AvgIpc) is 2.17. The van der Waals surface area contributed by atoms with Crippen LogP contribution < -0.4 is 10.6 Å². The molecule has 1 aromatic carbocycles. The molecule has 0 saturated carbocycles. The summed E-state index contributed by atoms with van der Waals surface area (Å²) in [5, 5.41) is 13.5. The zero-order valence-corrected chi connectivity index (χ0v) is 7.91. The van der Waals surface area contributed by atoms with Gasteiger partial charge in [-0.2, -0.15) is 0 Å². The number of hydrogen-bond donors (Lipinski definition) is 3. The van der Waals surface area contributed by atoms with E-state index >= 15 is 0 Å². The Labute approximate surface area is 86.1 Å². The Bertz CT molecular complexity index is 429. The van der Waals surface area contributed by atoms with Gasteiger partial charge in [0.05, 0.1) is 0 Å². The number of fused-ring (bicyclic) bond motifs is 1. The van der Waals surface area contributed by atoms with Crippen LogP contribution in [0.4, 0.5) is 16.2 Å². The fourth-order valence-corrected chi connectivity index (χ4v) is 1.58. The lowest BCUT2D eigenvalue weighted by atomic mass is 10.0. The molecule has 1 heterocycles. The molecule has 78 valence electrons. The van der Waals surface area contributed by atoms with Crippen LogP contribution in [-0.4, -0.2) is 17.1 Å². The normalized spacial score (nSPS) is 14.0. The van der Waals surface area contributed by atoms with Crippen molar-refractivity contribution in [1.82, 2.24) is 0 Å². The van der Waals surface area contributed by atoms with Gasteiger partial charge < -0.3 is 10.4 Å². The zero-order valence-electron chi connectivity index (χ0n) is 7.91. The van der Waals surface area contributed by atoms with E-state index in [9.17, 15) is 9.59 Å². The standard InChI is InChI=1S/C10H10N2O3/c13-9-4-1-6-5-7(11-10(14)15)2-3-8(6)12-9/h2-3,5,11H,1,4H2,(H,12,13)(H,14,15). The van der Waals surface area contributed by atoms with Crippen LogP contribution >= 0.6 is 0 Å². The van der Waals surface area contributed by atoms with Crippen molar-refractivity contribution < 1.29 is 14.7 Å². The molecule has 5 nitrogen and oxygen atoms in total. The molecule has 0 fully saturated rings. The molecule has 1 aromatic rings. The first kappa shape index (κ1) is 9.51. The lowest BCUT2D eigenvalue weighted by molar-refractivity contribution is -0.116. The molecular formula is C10H10N2O3. The molecule has 0 bridgehead atoms. The van der Waals surface area contributed by atoms with Crippen LogP contribution in [0, 0.1) is 0 Å². The predicted molar refractivity (Wildman–Crippen MR) is 55.0 cm³/mol. The Morgan fingerprint density at radius 2 is 2.20 bits per heavy atom. The smallest absolute Gasteiger partial charge is 0.409 e. The fourth-order valence-electron chi connectivity index (χ4n) is 1.58. The number of hydrogen-bond acceptors (Lipinski definition) is 2. The number of carbonyl (C=O) groups is 2. The summed E-state index contributed by atoms with van der Waals surface area (Å²) in [7, 11) is 0. The van der Waals surface area contributed by atoms with Crippen LogP contribution in [0.25, 0.3) is 0 Å². The summed E-state index contributed by atoms with van der Waals surface area (Å²) in [6.45, 7) is 0. The minimum Gasteiger partial charge on any atom is -0.465 e. The Hall–Kier alpha value is -2.04. The summed E-state index contributed by atoms with van der Waals surface area (Å²) >= 11 is 0. The van der Waals surface area contributed by atoms with Crippen molar-refractivity contribution in [2.45, 2.75) is 12.8 Å². The molecule has 0 atom stereocenters. The number of carboxylic acid groups (broad SMARTS) is 1. The Morgan fingerprint density at radius 1 is 1.40 bits per heavy atom. The number of aryl methyl sites for hydroxylation is 1. The molecule has 1 aliphatic rings. The summed E-state index contributed by atoms with van der Waals surface area (Å²) in [4.78, 5) is 21.5. The van der Waals surface area contributed by atoms with Crippen molar-refractivity contribution >= 4 is 23.4 Å². The third kappa shape index (κ3) is 2.07. The average molecular weight is 206 g/mol. The van der Waals surface area contributed by atoms with Crippen LogP contribution in [0.2, 0.25) is 0 Å². The van der Waals surface area contributed by atoms with E-state index < -0.39 is 6.09 Å². The highest BCUT2D eigenvalue weighted by atomic mass is 16.4. The van der Waals surface area contributed by atoms with Gasteiger partial charge in [-0.3, -0.25) is 10.1 Å². The van der Waals surface area contributed by atoms with Crippen molar-refractivity contribution in [2.75, 3.05) is 10.6 Å². The molecule has 15 heavy (non-hydrogen) atoms. The second kappa shape index (κ2) is 3.61. The van der Waals surface area contributed by atoms with Crippen molar-refractivity contribution in [3.63, 3.8) is 0 Å². The molecule has 0 spiro atoms. The molecule has 0 unspecified atom stereocenters. The van der Waals surface area contributed by atoms with E-state index in [1.807, 2.05) is 0 Å². The first-order valence-electron chi connectivity index (χ1n) is 4.58. The molecule has 2 amide bonds. The van der Waals surface area contributed by atoms with E-state index in [1.165, 1.54) is 0 Å². The van der Waals surface area contributed by atoms with E-state index in [-0.39, 0.29) is 5.91 Å². The molecule has 1 aliphatic heterocycles. The van der Waals surface area contributed by atoms with Gasteiger partial charge in [-0.15, -0.1) is 0 Å².